The highest BCUT2D eigenvalue weighted by atomic mass is 16.5. The van der Waals surface area contributed by atoms with Gasteiger partial charge in [0.2, 0.25) is 0 Å². The van der Waals surface area contributed by atoms with E-state index in [-0.39, 0.29) is 11.9 Å². The molecule has 0 aromatic heterocycles. The van der Waals surface area contributed by atoms with Gasteiger partial charge >= 0.3 is 0 Å². The maximum Gasteiger partial charge on any atom is 0.291 e. The van der Waals surface area contributed by atoms with Crippen LogP contribution in [0.2, 0.25) is 0 Å². The van der Waals surface area contributed by atoms with Crippen LogP contribution in [0.4, 0.5) is 0 Å². The van der Waals surface area contributed by atoms with Gasteiger partial charge in [0.25, 0.3) is 11.9 Å². The maximum atomic E-state index is 11.3. The van der Waals surface area contributed by atoms with Crippen LogP contribution in [0.15, 0.2) is 4.99 Å². The third-order valence-corrected chi connectivity index (χ3v) is 3.03. The van der Waals surface area contributed by atoms with Gasteiger partial charge in [-0.05, 0) is 12.3 Å². The van der Waals surface area contributed by atoms with Crippen LogP contribution < -0.4 is 5.73 Å². The van der Waals surface area contributed by atoms with E-state index >= 15 is 0 Å². The number of carbonyl (C=O) groups excluding carboxylic acids is 1. The predicted octanol–water partition coefficient (Wildman–Crippen LogP) is 1.20. The quantitative estimate of drug-likeness (QED) is 0.721. The average molecular weight is 196 g/mol. The minimum absolute atomic E-state index is 0.0378. The molecule has 78 valence electrons. The highest BCUT2D eigenvalue weighted by Crippen LogP contribution is 2.29. The molecule has 0 aromatic rings. The van der Waals surface area contributed by atoms with Crippen molar-refractivity contribution in [1.82, 2.24) is 0 Å². The molecule has 1 unspecified atom stereocenters. The summed E-state index contributed by atoms with van der Waals surface area (Å²) >= 11 is 0. The topological polar surface area (TPSA) is 64.7 Å². The van der Waals surface area contributed by atoms with Gasteiger partial charge in [-0.25, -0.2) is 0 Å². The van der Waals surface area contributed by atoms with Crippen molar-refractivity contribution in [3.8, 4) is 0 Å². The summed E-state index contributed by atoms with van der Waals surface area (Å²) in [5, 5.41) is 0. The van der Waals surface area contributed by atoms with Gasteiger partial charge in [0.05, 0.1) is 0 Å². The lowest BCUT2D eigenvalue weighted by atomic mass is 9.85. The summed E-state index contributed by atoms with van der Waals surface area (Å²) in [4.78, 5) is 14.8. The van der Waals surface area contributed by atoms with Gasteiger partial charge in [-0.1, -0.05) is 32.1 Å². The van der Waals surface area contributed by atoms with Crippen molar-refractivity contribution in [3.05, 3.63) is 0 Å². The normalized spacial score (nSPS) is 28.7. The van der Waals surface area contributed by atoms with Gasteiger partial charge in [-0.3, -0.25) is 4.79 Å². The van der Waals surface area contributed by atoms with E-state index in [9.17, 15) is 4.79 Å². The molecule has 0 spiro atoms. The van der Waals surface area contributed by atoms with E-state index in [1.807, 2.05) is 0 Å². The van der Waals surface area contributed by atoms with Crippen LogP contribution in [0.5, 0.6) is 0 Å². The zero-order chi connectivity index (χ0) is 9.97. The lowest BCUT2D eigenvalue weighted by molar-refractivity contribution is -0.123. The molecule has 14 heavy (non-hydrogen) atoms. The number of hydrogen-bond acceptors (Lipinski definition) is 3. The molecule has 0 saturated heterocycles. The van der Waals surface area contributed by atoms with Gasteiger partial charge in [0, 0.05) is 0 Å². The second-order valence-corrected chi connectivity index (χ2v) is 4.13. The smallest absolute Gasteiger partial charge is 0.291 e. The summed E-state index contributed by atoms with van der Waals surface area (Å²) in [5.41, 5.74) is 5.33. The molecule has 1 saturated carbocycles. The summed E-state index contributed by atoms with van der Waals surface area (Å²) in [6.07, 6.45) is 6.72. The van der Waals surface area contributed by atoms with Crippen LogP contribution in [0.25, 0.3) is 0 Å². The Morgan fingerprint density at radius 1 is 1.36 bits per heavy atom. The summed E-state index contributed by atoms with van der Waals surface area (Å²) < 4.78 is 5.15. The summed E-state index contributed by atoms with van der Waals surface area (Å²) in [7, 11) is 0. The number of nitrogens with zero attached hydrogens (tertiary/aromatic N) is 1. The molecule has 1 aliphatic carbocycles. The molecule has 2 rings (SSSR count). The Kier molecular flexibility index (Phi) is 2.70. The first kappa shape index (κ1) is 9.49. The molecule has 4 heteroatoms. The zero-order valence-corrected chi connectivity index (χ0v) is 8.24. The van der Waals surface area contributed by atoms with Crippen LogP contribution in [0.3, 0.4) is 0 Å². The van der Waals surface area contributed by atoms with Crippen molar-refractivity contribution in [1.29, 1.82) is 0 Å². The van der Waals surface area contributed by atoms with Crippen molar-refractivity contribution in [2.75, 3.05) is 0 Å². The highest BCUT2D eigenvalue weighted by molar-refractivity contribution is 5.97. The van der Waals surface area contributed by atoms with Gasteiger partial charge in [-0.2, -0.15) is 4.99 Å². The fraction of sp³-hybridized carbons (Fsp3) is 0.800. The SMILES string of the molecule is NC1=NC(=O)C(CC2CCCCC2)O1. The van der Waals surface area contributed by atoms with Crippen LogP contribution in [-0.4, -0.2) is 18.0 Å². The van der Waals surface area contributed by atoms with E-state index in [0.717, 1.165) is 6.42 Å². The first-order valence-corrected chi connectivity index (χ1v) is 5.30. The molecule has 2 N–H and O–H groups in total. The molecule has 0 bridgehead atoms. The van der Waals surface area contributed by atoms with Crippen LogP contribution >= 0.6 is 0 Å². The monoisotopic (exact) mass is 196 g/mol. The average Bonchev–Trinajstić information content (AvgIpc) is 2.47. The van der Waals surface area contributed by atoms with E-state index < -0.39 is 6.10 Å². The molecule has 0 radical (unpaired) electrons. The number of ether oxygens (including phenoxy) is 1. The van der Waals surface area contributed by atoms with Crippen molar-refractivity contribution in [2.24, 2.45) is 16.6 Å². The molecule has 0 aromatic carbocycles. The molecule has 4 nitrogen and oxygen atoms in total. The largest absolute Gasteiger partial charge is 0.452 e. The molecule has 1 fully saturated rings. The number of rotatable bonds is 2. The van der Waals surface area contributed by atoms with Gasteiger partial charge in [0.1, 0.15) is 0 Å². The first-order valence-electron chi connectivity index (χ1n) is 5.30. The Morgan fingerprint density at radius 2 is 2.07 bits per heavy atom. The standard InChI is InChI=1S/C10H16N2O2/c11-10-12-9(13)8(14-10)6-7-4-2-1-3-5-7/h7-8H,1-6H2,(H2,11,12,13). The van der Waals surface area contributed by atoms with Gasteiger partial charge in [0.15, 0.2) is 6.10 Å². The van der Waals surface area contributed by atoms with Crippen molar-refractivity contribution < 1.29 is 9.53 Å². The van der Waals surface area contributed by atoms with E-state index in [0.29, 0.717) is 5.92 Å². The number of aliphatic imine (C=N–C) groups is 1. The Balaban J connectivity index is 1.83. The zero-order valence-electron chi connectivity index (χ0n) is 8.24. The van der Waals surface area contributed by atoms with Crippen LogP contribution in [0, 0.1) is 5.92 Å². The number of nitrogens with two attached hydrogens (primary N) is 1. The molecule has 1 heterocycles. The van der Waals surface area contributed by atoms with Crippen LogP contribution in [-0.2, 0) is 9.53 Å². The number of amides is 1. The van der Waals surface area contributed by atoms with Gasteiger partial charge < -0.3 is 10.5 Å². The number of amidine groups is 1. The summed E-state index contributed by atoms with van der Waals surface area (Å²) in [5.74, 6) is 0.423. The molecular weight excluding hydrogens is 180 g/mol. The molecule has 1 amide bonds. The molecule has 1 atom stereocenters. The Labute approximate surface area is 83.5 Å². The second-order valence-electron chi connectivity index (χ2n) is 4.13. The third-order valence-electron chi connectivity index (χ3n) is 3.03. The fourth-order valence-corrected chi connectivity index (χ4v) is 2.28. The lowest BCUT2D eigenvalue weighted by Crippen LogP contribution is -2.24. The highest BCUT2D eigenvalue weighted by Gasteiger charge is 2.30. The van der Waals surface area contributed by atoms with E-state index in [4.69, 9.17) is 10.5 Å². The minimum Gasteiger partial charge on any atom is -0.452 e. The van der Waals surface area contributed by atoms with Gasteiger partial charge in [-0.15, -0.1) is 0 Å². The predicted molar refractivity (Wildman–Crippen MR) is 52.7 cm³/mol. The van der Waals surface area contributed by atoms with Crippen molar-refractivity contribution in [3.63, 3.8) is 0 Å². The minimum atomic E-state index is -0.391. The Bertz CT molecular complexity index is 257. The molecule has 1 aliphatic heterocycles. The summed E-state index contributed by atoms with van der Waals surface area (Å²) in [6.45, 7) is 0. The van der Waals surface area contributed by atoms with E-state index in [2.05, 4.69) is 4.99 Å². The molecule has 2 aliphatic rings. The van der Waals surface area contributed by atoms with E-state index in [1.165, 1.54) is 32.1 Å². The van der Waals surface area contributed by atoms with Crippen LogP contribution in [0.1, 0.15) is 38.5 Å². The number of hydrogen-bond donors (Lipinski definition) is 1. The molecular formula is C10H16N2O2. The first-order chi connectivity index (χ1) is 6.75. The van der Waals surface area contributed by atoms with E-state index in [1.54, 1.807) is 0 Å². The summed E-state index contributed by atoms with van der Waals surface area (Å²) in [6, 6.07) is 0.0378. The number of carbonyl (C=O) groups is 1. The fourth-order valence-electron chi connectivity index (χ4n) is 2.28. The third kappa shape index (κ3) is 2.05. The second kappa shape index (κ2) is 3.98. The van der Waals surface area contributed by atoms with Crippen molar-refractivity contribution in [2.45, 2.75) is 44.6 Å². The lowest BCUT2D eigenvalue weighted by Gasteiger charge is -2.22. The van der Waals surface area contributed by atoms with Crippen molar-refractivity contribution >= 4 is 11.9 Å². The Hall–Kier alpha value is -1.06. The maximum absolute atomic E-state index is 11.3. The Morgan fingerprint density at radius 3 is 2.64 bits per heavy atom.